The maximum Gasteiger partial charge on any atom is -1.00 e. The van der Waals surface area contributed by atoms with E-state index in [0.717, 1.165) is 0 Å². The van der Waals surface area contributed by atoms with Crippen molar-refractivity contribution in [2.75, 3.05) is 0 Å². The van der Waals surface area contributed by atoms with Gasteiger partial charge in [-0.1, -0.05) is 0 Å². The largest absolute Gasteiger partial charge is 1.00 e. The summed E-state index contributed by atoms with van der Waals surface area (Å²) >= 11 is 1.61. The SMILES string of the molecule is CCCCC1=[C]([Zr+2])CC=C1.[Br-].[Br-]. The summed E-state index contributed by atoms with van der Waals surface area (Å²) < 4.78 is 1.67. The average molecular weight is 372 g/mol. The van der Waals surface area contributed by atoms with Crippen LogP contribution in [0, 0.1) is 0 Å². The van der Waals surface area contributed by atoms with Crippen LogP contribution in [0.5, 0.6) is 0 Å². The molecule has 1 aliphatic carbocycles. The normalized spacial score (nSPS) is 14.2. The summed E-state index contributed by atoms with van der Waals surface area (Å²) in [6.45, 7) is 2.25. The Morgan fingerprint density at radius 2 is 2.08 bits per heavy atom. The molecule has 1 aliphatic rings. The molecule has 0 fully saturated rings. The van der Waals surface area contributed by atoms with Crippen LogP contribution in [0.15, 0.2) is 21.0 Å². The number of unbranched alkanes of at least 4 members (excludes halogenated alkanes) is 1. The summed E-state index contributed by atoms with van der Waals surface area (Å²) in [5.41, 5.74) is 1.63. The van der Waals surface area contributed by atoms with Crippen LogP contribution in [0.4, 0.5) is 0 Å². The van der Waals surface area contributed by atoms with E-state index in [-0.39, 0.29) is 34.0 Å². The Kier molecular flexibility index (Phi) is 11.7. The smallest absolute Gasteiger partial charge is 1.00 e. The summed E-state index contributed by atoms with van der Waals surface area (Å²) in [6, 6.07) is 0. The van der Waals surface area contributed by atoms with E-state index < -0.39 is 0 Å². The van der Waals surface area contributed by atoms with Gasteiger partial charge in [-0.3, -0.25) is 0 Å². The summed E-state index contributed by atoms with van der Waals surface area (Å²) in [4.78, 5) is 0. The summed E-state index contributed by atoms with van der Waals surface area (Å²) in [5, 5.41) is 0. The van der Waals surface area contributed by atoms with Gasteiger partial charge in [-0.15, -0.1) is 0 Å². The number of halogens is 2. The predicted molar refractivity (Wildman–Crippen MR) is 40.3 cm³/mol. The van der Waals surface area contributed by atoms with E-state index in [4.69, 9.17) is 0 Å². The molecule has 0 N–H and O–H groups in total. The fraction of sp³-hybridized carbons (Fsp3) is 0.556. The quantitative estimate of drug-likeness (QED) is 0.494. The summed E-state index contributed by atoms with van der Waals surface area (Å²) in [5.74, 6) is 0. The topological polar surface area (TPSA) is 0 Å². The molecule has 0 saturated heterocycles. The van der Waals surface area contributed by atoms with Crippen molar-refractivity contribution in [2.24, 2.45) is 0 Å². The molecule has 0 aromatic carbocycles. The molecular weight excluding hydrogens is 359 g/mol. The fourth-order valence-electron chi connectivity index (χ4n) is 1.15. The van der Waals surface area contributed by atoms with Gasteiger partial charge in [-0.2, -0.15) is 0 Å². The molecule has 0 aromatic rings. The van der Waals surface area contributed by atoms with Crippen molar-refractivity contribution in [1.29, 1.82) is 0 Å². The molecule has 0 amide bonds. The third kappa shape index (κ3) is 5.14. The first-order chi connectivity index (χ1) is 4.84. The Morgan fingerprint density at radius 3 is 2.50 bits per heavy atom. The van der Waals surface area contributed by atoms with Gasteiger partial charge in [0.2, 0.25) is 0 Å². The van der Waals surface area contributed by atoms with E-state index in [9.17, 15) is 0 Å². The van der Waals surface area contributed by atoms with E-state index >= 15 is 0 Å². The van der Waals surface area contributed by atoms with Crippen molar-refractivity contribution in [2.45, 2.75) is 32.6 Å². The van der Waals surface area contributed by atoms with Crippen LogP contribution in [0.3, 0.4) is 0 Å². The summed E-state index contributed by atoms with van der Waals surface area (Å²) in [6.07, 6.45) is 9.82. The van der Waals surface area contributed by atoms with E-state index in [0.29, 0.717) is 0 Å². The van der Waals surface area contributed by atoms with Crippen molar-refractivity contribution >= 4 is 0 Å². The predicted octanol–water partition coefficient (Wildman–Crippen LogP) is -3.05. The zero-order chi connectivity index (χ0) is 7.40. The van der Waals surface area contributed by atoms with Crippen molar-refractivity contribution in [3.8, 4) is 0 Å². The molecule has 0 atom stereocenters. The molecule has 3 heteroatoms. The number of hydrogen-bond donors (Lipinski definition) is 0. The molecule has 0 unspecified atom stereocenters. The van der Waals surface area contributed by atoms with Crippen LogP contribution in [0.1, 0.15) is 32.6 Å². The van der Waals surface area contributed by atoms with E-state index in [1.54, 1.807) is 33.6 Å². The number of allylic oxidation sites excluding steroid dienone is 4. The van der Waals surface area contributed by atoms with Gasteiger partial charge in [0.1, 0.15) is 0 Å². The maximum absolute atomic E-state index is 2.31. The van der Waals surface area contributed by atoms with Gasteiger partial charge in [0, 0.05) is 0 Å². The number of hydrogen-bond acceptors (Lipinski definition) is 0. The average Bonchev–Trinajstić information content (AvgIpc) is 2.31. The molecule has 0 nitrogen and oxygen atoms in total. The zero-order valence-electron chi connectivity index (χ0n) is 7.24. The van der Waals surface area contributed by atoms with Crippen LogP contribution in [-0.2, 0) is 24.7 Å². The minimum Gasteiger partial charge on any atom is -1.00 e. The molecule has 0 radical (unpaired) electrons. The van der Waals surface area contributed by atoms with Gasteiger partial charge in [0.05, 0.1) is 0 Å². The Hall–Kier alpha value is 1.32. The fourth-order valence-corrected chi connectivity index (χ4v) is 1.95. The molecule has 0 saturated carbocycles. The van der Waals surface area contributed by atoms with Crippen LogP contribution in [0.2, 0.25) is 0 Å². The molecule has 67 valence electrons. The first-order valence-corrected chi connectivity index (χ1v) is 5.17. The second-order valence-corrected chi connectivity index (χ2v) is 4.20. The third-order valence-corrected chi connectivity index (χ3v) is 3.12. The monoisotopic (exact) mass is 369 g/mol. The minimum absolute atomic E-state index is 0. The van der Waals surface area contributed by atoms with E-state index in [2.05, 4.69) is 19.1 Å². The van der Waals surface area contributed by atoms with Gasteiger partial charge < -0.3 is 34.0 Å². The second-order valence-electron chi connectivity index (χ2n) is 2.71. The van der Waals surface area contributed by atoms with Crippen molar-refractivity contribution in [3.63, 3.8) is 0 Å². The van der Waals surface area contributed by atoms with Gasteiger partial charge in [-0.25, -0.2) is 0 Å². The van der Waals surface area contributed by atoms with Crippen LogP contribution in [0.25, 0.3) is 0 Å². The zero-order valence-corrected chi connectivity index (χ0v) is 12.9. The van der Waals surface area contributed by atoms with Crippen molar-refractivity contribution in [3.05, 3.63) is 21.0 Å². The molecule has 1 rings (SSSR count). The molecule has 0 heterocycles. The summed E-state index contributed by atoms with van der Waals surface area (Å²) in [7, 11) is 0. The van der Waals surface area contributed by atoms with Gasteiger partial charge in [0.15, 0.2) is 0 Å². The molecule has 0 spiro atoms. The minimum atomic E-state index is 0. The molecule has 12 heavy (non-hydrogen) atoms. The van der Waals surface area contributed by atoms with Crippen LogP contribution < -0.4 is 34.0 Å². The van der Waals surface area contributed by atoms with E-state index in [1.807, 2.05) is 0 Å². The molecule has 0 aromatic heterocycles. The van der Waals surface area contributed by atoms with Gasteiger partial charge in [0.25, 0.3) is 0 Å². The Bertz CT molecular complexity index is 173. The standard InChI is InChI=1S/C9H13.2BrH.Zr/c1-2-3-6-9-7-4-5-8-9;;;/h4,7H,2-3,5-6H2,1H3;2*1H;/q;;;+2/p-2. The molecular formula is C9H13Br2Zr. The Labute approximate surface area is 111 Å². The molecule has 0 aliphatic heterocycles. The Morgan fingerprint density at radius 1 is 1.42 bits per heavy atom. The maximum atomic E-state index is 2.31. The third-order valence-electron chi connectivity index (χ3n) is 1.83. The van der Waals surface area contributed by atoms with E-state index in [1.165, 1.54) is 25.7 Å². The first kappa shape index (κ1) is 15.8. The molecule has 0 bridgehead atoms. The van der Waals surface area contributed by atoms with Gasteiger partial charge >= 0.3 is 78.3 Å². The van der Waals surface area contributed by atoms with Crippen molar-refractivity contribution in [1.82, 2.24) is 0 Å². The van der Waals surface area contributed by atoms with Gasteiger partial charge in [-0.05, 0) is 0 Å². The number of rotatable bonds is 3. The van der Waals surface area contributed by atoms with Crippen LogP contribution >= 0.6 is 0 Å². The first-order valence-electron chi connectivity index (χ1n) is 3.94. The van der Waals surface area contributed by atoms with Crippen molar-refractivity contribution < 1.29 is 58.7 Å². The second kappa shape index (κ2) is 8.90. The van der Waals surface area contributed by atoms with Crippen LogP contribution in [-0.4, -0.2) is 0 Å². The Balaban J connectivity index is 0.